The van der Waals surface area contributed by atoms with Crippen LogP contribution < -0.4 is 10.6 Å². The van der Waals surface area contributed by atoms with E-state index in [1.807, 2.05) is 31.5 Å². The van der Waals surface area contributed by atoms with Gasteiger partial charge in [-0.3, -0.25) is 0 Å². The number of hydrogen-bond donors (Lipinski definition) is 2. The van der Waals surface area contributed by atoms with Gasteiger partial charge in [-0.15, -0.1) is 24.0 Å². The van der Waals surface area contributed by atoms with E-state index in [4.69, 9.17) is 0 Å². The van der Waals surface area contributed by atoms with Gasteiger partial charge < -0.3 is 15.2 Å². The Hall–Kier alpha value is -1.64. The fourth-order valence-electron chi connectivity index (χ4n) is 2.56. The maximum Gasteiger partial charge on any atom is 0.191 e. The summed E-state index contributed by atoms with van der Waals surface area (Å²) >= 11 is 0. The van der Waals surface area contributed by atoms with Gasteiger partial charge in [0.05, 0.1) is 0 Å². The average molecular weight is 473 g/mol. The van der Waals surface area contributed by atoms with Gasteiger partial charge in [-0.25, -0.2) is 14.4 Å². The minimum Gasteiger partial charge on any atom is -0.357 e. The predicted molar refractivity (Wildman–Crippen MR) is 115 cm³/mol. The van der Waals surface area contributed by atoms with Crippen LogP contribution in [-0.2, 0) is 19.5 Å². The quantitative estimate of drug-likeness (QED) is 0.350. The molecule has 1 aromatic heterocycles. The number of imidazole rings is 1. The highest BCUT2D eigenvalue weighted by Crippen LogP contribution is 2.07. The number of hydrogen-bond acceptors (Lipinski definition) is 2. The standard InChI is InChI=1S/C19H28FN5.HI/c1-4-21-19(23-10-9-16-7-5-6-8-17(16)20)24-13-18-22-11-12-25(18)14-15(2)3;/h5-8,11-12,15H,4,9-10,13-14H2,1-3H3,(H2,21,23,24);1H. The van der Waals surface area contributed by atoms with Gasteiger partial charge in [0.15, 0.2) is 5.96 Å². The van der Waals surface area contributed by atoms with E-state index >= 15 is 0 Å². The molecule has 0 aliphatic rings. The van der Waals surface area contributed by atoms with Crippen LogP contribution in [0.25, 0.3) is 0 Å². The van der Waals surface area contributed by atoms with Crippen molar-refractivity contribution in [3.8, 4) is 0 Å². The van der Waals surface area contributed by atoms with Crippen molar-refractivity contribution in [1.29, 1.82) is 0 Å². The number of aliphatic imine (C=N–C) groups is 1. The van der Waals surface area contributed by atoms with Gasteiger partial charge in [0.25, 0.3) is 0 Å². The summed E-state index contributed by atoms with van der Waals surface area (Å²) in [6, 6.07) is 6.86. The molecule has 0 saturated heterocycles. The van der Waals surface area contributed by atoms with E-state index in [1.54, 1.807) is 6.07 Å². The summed E-state index contributed by atoms with van der Waals surface area (Å²) in [6.45, 7) is 9.21. The Kier molecular flexibility index (Phi) is 10.2. The normalized spacial score (nSPS) is 11.3. The molecule has 0 radical (unpaired) electrons. The van der Waals surface area contributed by atoms with E-state index in [-0.39, 0.29) is 29.8 Å². The number of nitrogens with one attached hydrogen (secondary N) is 2. The van der Waals surface area contributed by atoms with E-state index in [1.165, 1.54) is 6.07 Å². The van der Waals surface area contributed by atoms with Crippen LogP contribution in [0.4, 0.5) is 4.39 Å². The summed E-state index contributed by atoms with van der Waals surface area (Å²) in [5.74, 6) is 2.06. The SMILES string of the molecule is CCNC(=NCc1nccn1CC(C)C)NCCc1ccccc1F.I. The Labute approximate surface area is 172 Å². The summed E-state index contributed by atoms with van der Waals surface area (Å²) in [4.78, 5) is 8.99. The molecule has 0 fully saturated rings. The van der Waals surface area contributed by atoms with Crippen molar-refractivity contribution in [3.63, 3.8) is 0 Å². The monoisotopic (exact) mass is 473 g/mol. The Balaban J connectivity index is 0.00000338. The molecule has 0 spiro atoms. The van der Waals surface area contributed by atoms with Crippen LogP contribution in [-0.4, -0.2) is 28.6 Å². The van der Waals surface area contributed by atoms with Crippen molar-refractivity contribution in [2.24, 2.45) is 10.9 Å². The summed E-state index contributed by atoms with van der Waals surface area (Å²) in [6.07, 6.45) is 4.41. The molecule has 2 aromatic rings. The van der Waals surface area contributed by atoms with Crippen LogP contribution in [0.15, 0.2) is 41.7 Å². The molecule has 144 valence electrons. The van der Waals surface area contributed by atoms with Crippen LogP contribution in [0.5, 0.6) is 0 Å². The van der Waals surface area contributed by atoms with Gasteiger partial charge in [-0.2, -0.15) is 0 Å². The van der Waals surface area contributed by atoms with Crippen LogP contribution in [0, 0.1) is 11.7 Å². The first-order valence-electron chi connectivity index (χ1n) is 8.85. The van der Waals surface area contributed by atoms with Crippen molar-refractivity contribution in [2.75, 3.05) is 13.1 Å². The minimum absolute atomic E-state index is 0. The zero-order chi connectivity index (χ0) is 18.1. The number of aromatic nitrogens is 2. The summed E-state index contributed by atoms with van der Waals surface area (Å²) < 4.78 is 15.8. The van der Waals surface area contributed by atoms with Crippen LogP contribution in [0.1, 0.15) is 32.2 Å². The van der Waals surface area contributed by atoms with Crippen molar-refractivity contribution < 1.29 is 4.39 Å². The zero-order valence-corrected chi connectivity index (χ0v) is 18.0. The lowest BCUT2D eigenvalue weighted by molar-refractivity contribution is 0.507. The molecule has 26 heavy (non-hydrogen) atoms. The summed E-state index contributed by atoms with van der Waals surface area (Å²) in [7, 11) is 0. The lowest BCUT2D eigenvalue weighted by Crippen LogP contribution is -2.38. The third-order valence-electron chi connectivity index (χ3n) is 3.73. The predicted octanol–water partition coefficient (Wildman–Crippen LogP) is 3.59. The highest BCUT2D eigenvalue weighted by Gasteiger charge is 2.05. The second-order valence-corrected chi connectivity index (χ2v) is 6.35. The molecule has 0 aliphatic carbocycles. The summed E-state index contributed by atoms with van der Waals surface area (Å²) in [5.41, 5.74) is 0.707. The van der Waals surface area contributed by atoms with Gasteiger partial charge in [-0.05, 0) is 30.9 Å². The first-order valence-corrected chi connectivity index (χ1v) is 8.85. The van der Waals surface area contributed by atoms with Gasteiger partial charge in [0.1, 0.15) is 18.2 Å². The Morgan fingerprint density at radius 1 is 1.27 bits per heavy atom. The van der Waals surface area contributed by atoms with Crippen molar-refractivity contribution >= 4 is 29.9 Å². The third-order valence-corrected chi connectivity index (χ3v) is 3.73. The van der Waals surface area contributed by atoms with Crippen LogP contribution >= 0.6 is 24.0 Å². The molecule has 0 saturated carbocycles. The van der Waals surface area contributed by atoms with Gasteiger partial charge in [0.2, 0.25) is 0 Å². The lowest BCUT2D eigenvalue weighted by Gasteiger charge is -2.12. The molecule has 2 rings (SSSR count). The zero-order valence-electron chi connectivity index (χ0n) is 15.7. The highest BCUT2D eigenvalue weighted by molar-refractivity contribution is 14.0. The third kappa shape index (κ3) is 7.31. The fourth-order valence-corrected chi connectivity index (χ4v) is 2.56. The second-order valence-electron chi connectivity index (χ2n) is 6.35. The maximum atomic E-state index is 13.7. The van der Waals surface area contributed by atoms with Crippen molar-refractivity contribution in [3.05, 3.63) is 53.9 Å². The van der Waals surface area contributed by atoms with Gasteiger partial charge in [0, 0.05) is 32.0 Å². The van der Waals surface area contributed by atoms with E-state index in [0.717, 1.165) is 24.9 Å². The van der Waals surface area contributed by atoms with Crippen LogP contribution in [0.3, 0.4) is 0 Å². The van der Waals surface area contributed by atoms with E-state index in [2.05, 4.69) is 39.0 Å². The molecule has 2 N–H and O–H groups in total. The molecule has 5 nitrogen and oxygen atoms in total. The highest BCUT2D eigenvalue weighted by atomic mass is 127. The van der Waals surface area contributed by atoms with Gasteiger partial charge >= 0.3 is 0 Å². The molecule has 1 heterocycles. The largest absolute Gasteiger partial charge is 0.357 e. The molecular formula is C19H29FIN5. The molecule has 0 atom stereocenters. The van der Waals surface area contributed by atoms with Crippen LogP contribution in [0.2, 0.25) is 0 Å². The van der Waals surface area contributed by atoms with E-state index < -0.39 is 0 Å². The smallest absolute Gasteiger partial charge is 0.191 e. The molecule has 7 heteroatoms. The van der Waals surface area contributed by atoms with E-state index in [9.17, 15) is 4.39 Å². The fraction of sp³-hybridized carbons (Fsp3) is 0.474. The number of rotatable bonds is 8. The molecule has 0 bridgehead atoms. The second kappa shape index (κ2) is 11.9. The van der Waals surface area contributed by atoms with E-state index in [0.29, 0.717) is 31.0 Å². The minimum atomic E-state index is -0.165. The molecular weight excluding hydrogens is 444 g/mol. The number of benzene rings is 1. The molecule has 0 aliphatic heterocycles. The number of nitrogens with zero attached hydrogens (tertiary/aromatic N) is 3. The molecule has 1 aromatic carbocycles. The topological polar surface area (TPSA) is 54.2 Å². The summed E-state index contributed by atoms with van der Waals surface area (Å²) in [5, 5.41) is 6.47. The maximum absolute atomic E-state index is 13.7. The lowest BCUT2D eigenvalue weighted by atomic mass is 10.1. The first-order chi connectivity index (χ1) is 12.1. The number of guanidine groups is 1. The Morgan fingerprint density at radius 3 is 2.73 bits per heavy atom. The Bertz CT molecular complexity index is 684. The van der Waals surface area contributed by atoms with Gasteiger partial charge in [-0.1, -0.05) is 32.0 Å². The Morgan fingerprint density at radius 2 is 2.04 bits per heavy atom. The molecule has 0 amide bonds. The van der Waals surface area contributed by atoms with Crippen molar-refractivity contribution in [2.45, 2.75) is 40.3 Å². The first kappa shape index (κ1) is 22.4. The average Bonchev–Trinajstić information content (AvgIpc) is 3.00. The number of halogens is 2. The van der Waals surface area contributed by atoms with Crippen molar-refractivity contribution in [1.82, 2.24) is 20.2 Å². The molecule has 0 unspecified atom stereocenters.